The molecule has 14 N–H and O–H groups in total. The Balaban J connectivity index is 1.56. The second-order valence-electron chi connectivity index (χ2n) is 11.9. The van der Waals surface area contributed by atoms with Crippen LogP contribution in [0.15, 0.2) is 0 Å². The number of aliphatic hydroxyl groups excluding tert-OH is 13. The lowest BCUT2D eigenvalue weighted by molar-refractivity contribution is -0.378. The summed E-state index contributed by atoms with van der Waals surface area (Å²) >= 11 is 0. The molecular formula is C26H45NO21. The van der Waals surface area contributed by atoms with Gasteiger partial charge >= 0.3 is 0 Å². The van der Waals surface area contributed by atoms with E-state index in [1.54, 1.807) is 0 Å². The monoisotopic (exact) mass is 707 g/mol. The van der Waals surface area contributed by atoms with Gasteiger partial charge in [-0.2, -0.15) is 0 Å². The highest BCUT2D eigenvalue weighted by atomic mass is 16.8. The van der Waals surface area contributed by atoms with Crippen LogP contribution < -0.4 is 5.32 Å². The Labute approximate surface area is 272 Å². The molecule has 0 saturated carbocycles. The molecule has 22 nitrogen and oxygen atoms in total. The molecule has 0 aromatic heterocycles. The third-order valence-electron chi connectivity index (χ3n) is 8.61. The van der Waals surface area contributed by atoms with Gasteiger partial charge < -0.3 is 105 Å². The summed E-state index contributed by atoms with van der Waals surface area (Å²) < 4.78 is 38.7. The minimum Gasteiger partial charge on any atom is -0.394 e. The number of rotatable bonds is 11. The minimum absolute atomic E-state index is 0.749. The Morgan fingerprint density at radius 3 is 1.46 bits per heavy atom. The first-order valence-corrected chi connectivity index (χ1v) is 15.1. The average molecular weight is 708 g/mol. The van der Waals surface area contributed by atoms with E-state index in [1.165, 1.54) is 0 Å². The third-order valence-corrected chi connectivity index (χ3v) is 8.61. The summed E-state index contributed by atoms with van der Waals surface area (Å²) in [6.45, 7) is -2.37. The number of amides is 1. The first-order chi connectivity index (χ1) is 22.7. The van der Waals surface area contributed by atoms with Gasteiger partial charge in [-0.1, -0.05) is 0 Å². The first kappa shape index (κ1) is 39.5. The van der Waals surface area contributed by atoms with Crippen LogP contribution in [0.25, 0.3) is 0 Å². The average Bonchev–Trinajstić information content (AvgIpc) is 3.06. The molecule has 280 valence electrons. The quantitative estimate of drug-likeness (QED) is 0.0947. The van der Waals surface area contributed by atoms with Crippen LogP contribution in [-0.4, -0.2) is 221 Å². The van der Waals surface area contributed by atoms with Gasteiger partial charge in [-0.25, -0.2) is 0 Å². The van der Waals surface area contributed by atoms with Crippen LogP contribution >= 0.6 is 0 Å². The Morgan fingerprint density at radius 1 is 0.500 bits per heavy atom. The standard InChI is InChI=1S/C26H45NO21/c1-6(32)27-11-22(48-25-18(39)14(35)12(33)7(2-28)44-25)13(34)8(3-29)43-24(11)46-21-10(5-31)45-26(19(40)16(21)37)47-20-9(4-30)42-23(41)17(38)15(20)36/h7-26,28-31,33-41H,2-5H2,1H3,(H,27,32)/t7?,8?,9?,10?,11?,12-,13-,14-,15+,16+,17?,18?,19?,20+,21-,22+,23+,24-,25-,26-/m0/s1. The molecule has 0 radical (unpaired) electrons. The summed E-state index contributed by atoms with van der Waals surface area (Å²) in [6, 6.07) is -1.57. The van der Waals surface area contributed by atoms with Gasteiger partial charge in [0.25, 0.3) is 0 Å². The van der Waals surface area contributed by atoms with E-state index in [1.807, 2.05) is 0 Å². The lowest BCUT2D eigenvalue weighted by atomic mass is 9.94. The fourth-order valence-electron chi connectivity index (χ4n) is 5.95. The number of hydrogen-bond acceptors (Lipinski definition) is 21. The molecule has 0 aromatic rings. The van der Waals surface area contributed by atoms with Gasteiger partial charge in [0, 0.05) is 6.92 Å². The van der Waals surface area contributed by atoms with Crippen molar-refractivity contribution in [2.45, 2.75) is 130 Å². The molecule has 22 heteroatoms. The van der Waals surface area contributed by atoms with Gasteiger partial charge in [-0.15, -0.1) is 0 Å². The topological polar surface area (TPSA) is 357 Å². The SMILES string of the molecule is CC(=O)NC1[C@H](O[C@H]2C(CO)O[C@@H](O[C@@H]3C(CO)O[C@@H](O)C(O)[C@H]3O)C(O)[C@H]2O)OC(CO)[C@H](O)[C@@H]1O[C@@H]1OC(CO)[C@H](O)[C@H](O)C1O. The van der Waals surface area contributed by atoms with Gasteiger partial charge in [-0.3, -0.25) is 4.79 Å². The van der Waals surface area contributed by atoms with Gasteiger partial charge in [0.2, 0.25) is 5.91 Å². The fraction of sp³-hybridized carbons (Fsp3) is 0.962. The molecule has 0 spiro atoms. The minimum atomic E-state index is -2.03. The first-order valence-electron chi connectivity index (χ1n) is 15.1. The zero-order valence-electron chi connectivity index (χ0n) is 25.5. The van der Waals surface area contributed by atoms with E-state index < -0.39 is 155 Å². The number of ether oxygens (including phenoxy) is 7. The normalized spacial score (nSPS) is 50.2. The van der Waals surface area contributed by atoms with Gasteiger partial charge in [0.1, 0.15) is 97.6 Å². The zero-order valence-corrected chi connectivity index (χ0v) is 25.5. The highest BCUT2D eigenvalue weighted by molar-refractivity contribution is 5.73. The molecule has 1 amide bonds. The summed E-state index contributed by atoms with van der Waals surface area (Å²) in [5, 5.41) is 136. The lowest BCUT2D eigenvalue weighted by Crippen LogP contribution is -2.70. The van der Waals surface area contributed by atoms with E-state index in [-0.39, 0.29) is 0 Å². The summed E-state index contributed by atoms with van der Waals surface area (Å²) in [4.78, 5) is 12.2. The van der Waals surface area contributed by atoms with Crippen LogP contribution in [0.2, 0.25) is 0 Å². The van der Waals surface area contributed by atoms with Crippen LogP contribution in [0.5, 0.6) is 0 Å². The smallest absolute Gasteiger partial charge is 0.217 e. The van der Waals surface area contributed by atoms with Gasteiger partial charge in [0.15, 0.2) is 25.2 Å². The van der Waals surface area contributed by atoms with E-state index in [0.717, 1.165) is 6.92 Å². The largest absolute Gasteiger partial charge is 0.394 e. The van der Waals surface area contributed by atoms with Crippen molar-refractivity contribution in [3.05, 3.63) is 0 Å². The van der Waals surface area contributed by atoms with E-state index in [0.29, 0.717) is 0 Å². The Kier molecular flexibility index (Phi) is 13.8. The highest BCUT2D eigenvalue weighted by Gasteiger charge is 2.55. The highest BCUT2D eigenvalue weighted by Crippen LogP contribution is 2.34. The molecule has 4 aliphatic rings. The fourth-order valence-corrected chi connectivity index (χ4v) is 5.95. The maximum absolute atomic E-state index is 12.2. The molecular weight excluding hydrogens is 662 g/mol. The molecule has 4 rings (SSSR count). The lowest BCUT2D eigenvalue weighted by Gasteiger charge is -2.50. The second kappa shape index (κ2) is 16.8. The summed E-state index contributed by atoms with van der Waals surface area (Å²) in [5.41, 5.74) is 0. The maximum Gasteiger partial charge on any atom is 0.217 e. The van der Waals surface area contributed by atoms with Crippen molar-refractivity contribution in [1.82, 2.24) is 5.32 Å². The van der Waals surface area contributed by atoms with Crippen LogP contribution in [-0.2, 0) is 38.0 Å². The number of hydrogen-bond donors (Lipinski definition) is 14. The van der Waals surface area contributed by atoms with E-state index in [2.05, 4.69) is 5.32 Å². The number of nitrogens with one attached hydrogen (secondary N) is 1. The molecule has 4 saturated heterocycles. The molecule has 4 aliphatic heterocycles. The van der Waals surface area contributed by atoms with Crippen molar-refractivity contribution in [2.75, 3.05) is 26.4 Å². The van der Waals surface area contributed by atoms with Crippen molar-refractivity contribution < 1.29 is 104 Å². The number of carbonyl (C=O) groups is 1. The molecule has 0 bridgehead atoms. The Hall–Kier alpha value is -1.33. The number of aliphatic hydroxyl groups is 13. The second-order valence-corrected chi connectivity index (χ2v) is 11.9. The Bertz CT molecular complexity index is 1020. The van der Waals surface area contributed by atoms with Gasteiger partial charge in [0.05, 0.1) is 26.4 Å². The molecule has 8 unspecified atom stereocenters. The predicted octanol–water partition coefficient (Wildman–Crippen LogP) is -9.61. The van der Waals surface area contributed by atoms with Crippen LogP contribution in [0, 0.1) is 0 Å². The Morgan fingerprint density at radius 2 is 0.917 bits per heavy atom. The maximum atomic E-state index is 12.2. The third kappa shape index (κ3) is 8.08. The van der Waals surface area contributed by atoms with Crippen LogP contribution in [0.3, 0.4) is 0 Å². The molecule has 48 heavy (non-hydrogen) atoms. The molecule has 4 heterocycles. The summed E-state index contributed by atoms with van der Waals surface area (Å²) in [6.07, 6.45) is -33.5. The molecule has 20 atom stereocenters. The van der Waals surface area contributed by atoms with Crippen molar-refractivity contribution in [3.63, 3.8) is 0 Å². The zero-order chi connectivity index (χ0) is 35.6. The van der Waals surface area contributed by atoms with Crippen LogP contribution in [0.4, 0.5) is 0 Å². The van der Waals surface area contributed by atoms with E-state index in [9.17, 15) is 71.2 Å². The molecule has 4 fully saturated rings. The van der Waals surface area contributed by atoms with Crippen molar-refractivity contribution in [3.8, 4) is 0 Å². The molecule has 0 aromatic carbocycles. The van der Waals surface area contributed by atoms with Crippen molar-refractivity contribution in [1.29, 1.82) is 0 Å². The molecule has 0 aliphatic carbocycles. The van der Waals surface area contributed by atoms with Gasteiger partial charge in [-0.05, 0) is 0 Å². The summed E-state index contributed by atoms with van der Waals surface area (Å²) in [7, 11) is 0. The summed E-state index contributed by atoms with van der Waals surface area (Å²) in [5.74, 6) is -0.749. The number of carbonyl (C=O) groups excluding carboxylic acids is 1. The predicted molar refractivity (Wildman–Crippen MR) is 145 cm³/mol. The van der Waals surface area contributed by atoms with Crippen LogP contribution in [0.1, 0.15) is 6.92 Å². The van der Waals surface area contributed by atoms with E-state index in [4.69, 9.17) is 33.2 Å². The van der Waals surface area contributed by atoms with E-state index >= 15 is 0 Å². The van der Waals surface area contributed by atoms with Crippen molar-refractivity contribution in [2.24, 2.45) is 0 Å². The van der Waals surface area contributed by atoms with Crippen molar-refractivity contribution >= 4 is 5.91 Å².